The molecule has 6 heteroatoms. The lowest BCUT2D eigenvalue weighted by molar-refractivity contribution is 0.0922. The summed E-state index contributed by atoms with van der Waals surface area (Å²) in [5.41, 5.74) is 6.28. The van der Waals surface area contributed by atoms with E-state index in [1.807, 2.05) is 6.92 Å². The van der Waals surface area contributed by atoms with Crippen LogP contribution in [0.25, 0.3) is 0 Å². The van der Waals surface area contributed by atoms with Gasteiger partial charge in [-0.3, -0.25) is 4.79 Å². The van der Waals surface area contributed by atoms with Crippen molar-refractivity contribution in [2.24, 2.45) is 0 Å². The average Bonchev–Trinajstić information content (AvgIpc) is 2.30. The predicted octanol–water partition coefficient (Wildman–Crippen LogP) is 2.34. The molecular weight excluding hydrogens is 263 g/mol. The monoisotopic (exact) mass is 276 g/mol. The topological polar surface area (TPSA) is 64.3 Å². The number of hydrogen-bond donors (Lipinski definition) is 2. The molecule has 17 heavy (non-hydrogen) atoms. The zero-order chi connectivity index (χ0) is 12.8. The lowest BCUT2D eigenvalue weighted by atomic mass is 10.2. The summed E-state index contributed by atoms with van der Waals surface area (Å²) in [4.78, 5) is 11.7. The number of nitrogens with two attached hydrogens (primary N) is 1. The Balaban J connectivity index is 2.63. The standard InChI is InChI=1S/C11H14Cl2N2O2/c1-2-17-4-3-15-11(16)7-5-8(12)10(13)9(14)6-7/h5-6H,2-4,14H2,1H3,(H,15,16). The van der Waals surface area contributed by atoms with Crippen molar-refractivity contribution in [3.05, 3.63) is 27.7 Å². The van der Waals surface area contributed by atoms with Crippen LogP contribution in [0.5, 0.6) is 0 Å². The first-order valence-corrected chi connectivity index (χ1v) is 5.92. The van der Waals surface area contributed by atoms with Crippen LogP contribution < -0.4 is 11.1 Å². The number of nitrogen functional groups attached to an aromatic ring is 1. The summed E-state index contributed by atoms with van der Waals surface area (Å²) in [7, 11) is 0. The van der Waals surface area contributed by atoms with Crippen molar-refractivity contribution in [1.82, 2.24) is 5.32 Å². The Kier molecular flexibility index (Phi) is 5.55. The van der Waals surface area contributed by atoms with E-state index < -0.39 is 0 Å². The zero-order valence-electron chi connectivity index (χ0n) is 9.43. The van der Waals surface area contributed by atoms with Crippen molar-refractivity contribution in [2.45, 2.75) is 6.92 Å². The van der Waals surface area contributed by atoms with E-state index in [9.17, 15) is 4.79 Å². The average molecular weight is 277 g/mol. The summed E-state index contributed by atoms with van der Waals surface area (Å²) < 4.78 is 5.10. The molecule has 0 aliphatic carbocycles. The Morgan fingerprint density at radius 2 is 2.18 bits per heavy atom. The third-order valence-electron chi connectivity index (χ3n) is 2.05. The minimum Gasteiger partial charge on any atom is -0.397 e. The molecule has 0 fully saturated rings. The molecule has 0 saturated carbocycles. The maximum atomic E-state index is 11.7. The van der Waals surface area contributed by atoms with Crippen LogP contribution in [-0.2, 0) is 4.74 Å². The van der Waals surface area contributed by atoms with E-state index >= 15 is 0 Å². The number of carbonyl (C=O) groups is 1. The second-order valence-electron chi connectivity index (χ2n) is 3.31. The van der Waals surface area contributed by atoms with Crippen molar-refractivity contribution < 1.29 is 9.53 Å². The van der Waals surface area contributed by atoms with Gasteiger partial charge in [-0.1, -0.05) is 23.2 Å². The lowest BCUT2D eigenvalue weighted by Gasteiger charge is -2.07. The second kappa shape index (κ2) is 6.69. The summed E-state index contributed by atoms with van der Waals surface area (Å²) in [5.74, 6) is -0.255. The lowest BCUT2D eigenvalue weighted by Crippen LogP contribution is -2.27. The Labute approximate surface area is 110 Å². The molecule has 0 aliphatic rings. The molecule has 0 atom stereocenters. The molecule has 0 bridgehead atoms. The largest absolute Gasteiger partial charge is 0.397 e. The first-order chi connectivity index (χ1) is 8.06. The van der Waals surface area contributed by atoms with Gasteiger partial charge >= 0.3 is 0 Å². The Morgan fingerprint density at radius 3 is 2.76 bits per heavy atom. The summed E-state index contributed by atoms with van der Waals surface area (Å²) in [6.45, 7) is 3.42. The van der Waals surface area contributed by atoms with Crippen molar-refractivity contribution in [3.8, 4) is 0 Å². The van der Waals surface area contributed by atoms with Gasteiger partial charge in [-0.25, -0.2) is 0 Å². The van der Waals surface area contributed by atoms with Gasteiger partial charge in [0.2, 0.25) is 0 Å². The molecular formula is C11H14Cl2N2O2. The van der Waals surface area contributed by atoms with E-state index in [2.05, 4.69) is 5.32 Å². The fraction of sp³-hybridized carbons (Fsp3) is 0.364. The summed E-state index contributed by atoms with van der Waals surface area (Å²) >= 11 is 11.6. The van der Waals surface area contributed by atoms with Crippen LogP contribution in [-0.4, -0.2) is 25.7 Å². The third-order valence-corrected chi connectivity index (χ3v) is 2.87. The van der Waals surface area contributed by atoms with Crippen molar-refractivity contribution >= 4 is 34.8 Å². The van der Waals surface area contributed by atoms with Gasteiger partial charge in [-0.2, -0.15) is 0 Å². The summed E-state index contributed by atoms with van der Waals surface area (Å²) in [6, 6.07) is 2.97. The van der Waals surface area contributed by atoms with Crippen LogP contribution in [0.3, 0.4) is 0 Å². The molecule has 0 heterocycles. The van der Waals surface area contributed by atoms with Crippen LogP contribution in [0.15, 0.2) is 12.1 Å². The van der Waals surface area contributed by atoms with E-state index in [-0.39, 0.29) is 21.6 Å². The maximum absolute atomic E-state index is 11.7. The summed E-state index contributed by atoms with van der Waals surface area (Å²) in [6.07, 6.45) is 0. The van der Waals surface area contributed by atoms with Gasteiger partial charge in [0.1, 0.15) is 0 Å². The molecule has 94 valence electrons. The van der Waals surface area contributed by atoms with Gasteiger partial charge in [0.05, 0.1) is 22.3 Å². The first-order valence-electron chi connectivity index (χ1n) is 5.16. The molecule has 0 saturated heterocycles. The minimum absolute atomic E-state index is 0.255. The van der Waals surface area contributed by atoms with Crippen LogP contribution in [0, 0.1) is 0 Å². The molecule has 0 unspecified atom stereocenters. The van der Waals surface area contributed by atoms with Gasteiger partial charge in [-0.05, 0) is 19.1 Å². The fourth-order valence-electron chi connectivity index (χ4n) is 1.22. The number of hydrogen-bond acceptors (Lipinski definition) is 3. The van der Waals surface area contributed by atoms with Gasteiger partial charge in [0.25, 0.3) is 5.91 Å². The van der Waals surface area contributed by atoms with E-state index in [0.29, 0.717) is 25.3 Å². The molecule has 1 amide bonds. The molecule has 1 aromatic carbocycles. The molecule has 1 aromatic rings. The number of benzene rings is 1. The second-order valence-corrected chi connectivity index (χ2v) is 4.10. The first kappa shape index (κ1) is 14.1. The maximum Gasteiger partial charge on any atom is 0.251 e. The van der Waals surface area contributed by atoms with Gasteiger partial charge < -0.3 is 15.8 Å². The van der Waals surface area contributed by atoms with Crippen LogP contribution in [0.4, 0.5) is 5.69 Å². The molecule has 0 spiro atoms. The van der Waals surface area contributed by atoms with Crippen molar-refractivity contribution in [3.63, 3.8) is 0 Å². The van der Waals surface area contributed by atoms with Crippen LogP contribution in [0.2, 0.25) is 10.0 Å². The molecule has 0 aliphatic heterocycles. The minimum atomic E-state index is -0.255. The molecule has 0 aromatic heterocycles. The highest BCUT2D eigenvalue weighted by Gasteiger charge is 2.10. The van der Waals surface area contributed by atoms with Crippen LogP contribution in [0.1, 0.15) is 17.3 Å². The normalized spacial score (nSPS) is 10.3. The fourth-order valence-corrected chi connectivity index (χ4v) is 1.56. The number of nitrogens with one attached hydrogen (secondary N) is 1. The molecule has 3 N–H and O–H groups in total. The van der Waals surface area contributed by atoms with Gasteiger partial charge in [0.15, 0.2) is 0 Å². The quantitative estimate of drug-likeness (QED) is 0.641. The molecule has 4 nitrogen and oxygen atoms in total. The number of rotatable bonds is 5. The predicted molar refractivity (Wildman–Crippen MR) is 69.7 cm³/mol. The number of carbonyl (C=O) groups excluding carboxylic acids is 1. The summed E-state index contributed by atoms with van der Waals surface area (Å²) in [5, 5.41) is 3.21. The molecule has 0 radical (unpaired) electrons. The number of halogens is 2. The SMILES string of the molecule is CCOCCNC(=O)c1cc(N)c(Cl)c(Cl)c1. The Hall–Kier alpha value is -0.970. The van der Waals surface area contributed by atoms with Crippen molar-refractivity contribution in [2.75, 3.05) is 25.5 Å². The van der Waals surface area contributed by atoms with Crippen molar-refractivity contribution in [1.29, 1.82) is 0 Å². The van der Waals surface area contributed by atoms with Gasteiger partial charge in [0, 0.05) is 18.7 Å². The molecule has 1 rings (SSSR count). The highest BCUT2D eigenvalue weighted by atomic mass is 35.5. The smallest absolute Gasteiger partial charge is 0.251 e. The number of amides is 1. The number of anilines is 1. The third kappa shape index (κ3) is 4.07. The Bertz CT molecular complexity index is 387. The zero-order valence-corrected chi connectivity index (χ0v) is 10.9. The van der Waals surface area contributed by atoms with E-state index in [4.69, 9.17) is 33.7 Å². The van der Waals surface area contributed by atoms with E-state index in [0.717, 1.165) is 0 Å². The Morgan fingerprint density at radius 1 is 1.47 bits per heavy atom. The van der Waals surface area contributed by atoms with E-state index in [1.54, 1.807) is 0 Å². The van der Waals surface area contributed by atoms with Crippen LogP contribution >= 0.6 is 23.2 Å². The highest BCUT2D eigenvalue weighted by molar-refractivity contribution is 6.43. The number of ether oxygens (including phenoxy) is 1. The van der Waals surface area contributed by atoms with Gasteiger partial charge in [-0.15, -0.1) is 0 Å². The highest BCUT2D eigenvalue weighted by Crippen LogP contribution is 2.29. The van der Waals surface area contributed by atoms with E-state index in [1.165, 1.54) is 12.1 Å².